The van der Waals surface area contributed by atoms with E-state index < -0.39 is 16.0 Å². The van der Waals surface area contributed by atoms with Crippen LogP contribution in [0, 0.1) is 11.8 Å². The summed E-state index contributed by atoms with van der Waals surface area (Å²) in [5, 5.41) is 0. The molecule has 7 nitrogen and oxygen atoms in total. The lowest BCUT2D eigenvalue weighted by Gasteiger charge is -2.34. The van der Waals surface area contributed by atoms with Gasteiger partial charge in [0.2, 0.25) is 10.0 Å². The van der Waals surface area contributed by atoms with Crippen molar-refractivity contribution in [3.8, 4) is 0 Å². The lowest BCUT2D eigenvalue weighted by molar-refractivity contribution is -0.135. The molecule has 1 fully saturated rings. The van der Waals surface area contributed by atoms with Crippen LogP contribution in [0.5, 0.6) is 0 Å². The molecule has 1 amide bonds. The van der Waals surface area contributed by atoms with Gasteiger partial charge in [-0.05, 0) is 60.1 Å². The molecule has 1 saturated heterocycles. The lowest BCUT2D eigenvalue weighted by atomic mass is 9.94. The molecule has 0 aromatic heterocycles. The van der Waals surface area contributed by atoms with Crippen LogP contribution in [0.2, 0.25) is 0 Å². The van der Waals surface area contributed by atoms with E-state index in [1.165, 1.54) is 34.1 Å². The van der Waals surface area contributed by atoms with E-state index in [4.69, 9.17) is 4.74 Å². The molecule has 2 atom stereocenters. The van der Waals surface area contributed by atoms with Crippen LogP contribution in [-0.2, 0) is 32.5 Å². The number of sulfonamides is 1. The van der Waals surface area contributed by atoms with Crippen LogP contribution in [0.3, 0.4) is 0 Å². The van der Waals surface area contributed by atoms with E-state index in [2.05, 4.69) is 19.9 Å². The van der Waals surface area contributed by atoms with Crippen molar-refractivity contribution in [2.45, 2.75) is 38.1 Å². The second-order valence-corrected chi connectivity index (χ2v) is 11.1. The van der Waals surface area contributed by atoms with E-state index in [0.29, 0.717) is 38.0 Å². The number of piperidine rings is 1. The fourth-order valence-corrected chi connectivity index (χ4v) is 6.40. The Morgan fingerprint density at radius 1 is 0.970 bits per heavy atom. The molecule has 2 aromatic carbocycles. The summed E-state index contributed by atoms with van der Waals surface area (Å²) in [4.78, 5) is 26.8. The van der Waals surface area contributed by atoms with Crippen LogP contribution >= 0.6 is 0 Å². The SMILES string of the molecule is C[C@@H]1C[C@H](C)CN(S(=O)(=O)c2ccc(C(=O)OCC(=O)N3CCc4ccccc4C3)cc2)C1. The first-order valence-corrected chi connectivity index (χ1v) is 12.8. The fourth-order valence-electron chi connectivity index (χ4n) is 4.72. The van der Waals surface area contributed by atoms with Crippen molar-refractivity contribution in [3.05, 3.63) is 65.2 Å². The fraction of sp³-hybridized carbons (Fsp3) is 0.440. The predicted molar refractivity (Wildman–Crippen MR) is 124 cm³/mol. The second kappa shape index (κ2) is 9.65. The molecule has 4 rings (SSSR count). The highest BCUT2D eigenvalue weighted by molar-refractivity contribution is 7.89. The number of esters is 1. The van der Waals surface area contributed by atoms with E-state index in [1.54, 1.807) is 4.90 Å². The molecule has 33 heavy (non-hydrogen) atoms. The van der Waals surface area contributed by atoms with Crippen LogP contribution in [0.25, 0.3) is 0 Å². The van der Waals surface area contributed by atoms with Crippen molar-refractivity contribution in [1.82, 2.24) is 9.21 Å². The third-order valence-corrected chi connectivity index (χ3v) is 8.22. The minimum Gasteiger partial charge on any atom is -0.452 e. The van der Waals surface area contributed by atoms with E-state index in [1.807, 2.05) is 18.2 Å². The molecule has 8 heteroatoms. The lowest BCUT2D eigenvalue weighted by Crippen LogP contribution is -2.42. The molecule has 0 unspecified atom stereocenters. The van der Waals surface area contributed by atoms with E-state index >= 15 is 0 Å². The number of nitrogens with zero attached hydrogens (tertiary/aromatic N) is 2. The number of rotatable bonds is 5. The molecule has 2 aromatic rings. The third-order valence-electron chi connectivity index (χ3n) is 6.37. The van der Waals surface area contributed by atoms with Gasteiger partial charge in [-0.2, -0.15) is 4.31 Å². The standard InChI is InChI=1S/C25H30N2O5S/c1-18-13-19(2)15-27(14-18)33(30,31)23-9-7-21(8-10-23)25(29)32-17-24(28)26-12-11-20-5-3-4-6-22(20)16-26/h3-10,18-19H,11-17H2,1-2H3/t18-,19+. The molecule has 0 N–H and O–H groups in total. The van der Waals surface area contributed by atoms with Crippen molar-refractivity contribution in [2.75, 3.05) is 26.2 Å². The average molecular weight is 471 g/mol. The van der Waals surface area contributed by atoms with Gasteiger partial charge in [0, 0.05) is 26.2 Å². The van der Waals surface area contributed by atoms with Crippen LogP contribution in [0.1, 0.15) is 41.8 Å². The molecular weight excluding hydrogens is 440 g/mol. The monoisotopic (exact) mass is 470 g/mol. The summed E-state index contributed by atoms with van der Waals surface area (Å²) in [6, 6.07) is 13.7. The van der Waals surface area contributed by atoms with Crippen molar-refractivity contribution < 1.29 is 22.7 Å². The normalized spacial score (nSPS) is 21.3. The number of carbonyl (C=O) groups excluding carboxylic acids is 2. The Balaban J connectivity index is 1.34. The van der Waals surface area contributed by atoms with E-state index in [9.17, 15) is 18.0 Å². The summed E-state index contributed by atoms with van der Waals surface area (Å²) in [7, 11) is -3.61. The highest BCUT2D eigenvalue weighted by Gasteiger charge is 2.31. The Bertz CT molecular complexity index is 1120. The first-order chi connectivity index (χ1) is 15.7. The summed E-state index contributed by atoms with van der Waals surface area (Å²) in [6.07, 6.45) is 1.79. The molecule has 0 saturated carbocycles. The molecule has 2 aliphatic rings. The summed E-state index contributed by atoms with van der Waals surface area (Å²) in [6.45, 7) is 5.87. The van der Waals surface area contributed by atoms with Gasteiger partial charge in [-0.25, -0.2) is 13.2 Å². The number of carbonyl (C=O) groups is 2. The molecule has 0 aliphatic carbocycles. The first kappa shape index (κ1) is 23.4. The van der Waals surface area contributed by atoms with Crippen molar-refractivity contribution in [2.24, 2.45) is 11.8 Å². The Hall–Kier alpha value is -2.71. The zero-order valence-corrected chi connectivity index (χ0v) is 19.9. The molecule has 176 valence electrons. The van der Waals surface area contributed by atoms with Gasteiger partial charge in [-0.15, -0.1) is 0 Å². The van der Waals surface area contributed by atoms with Gasteiger partial charge in [-0.3, -0.25) is 4.79 Å². The van der Waals surface area contributed by atoms with Gasteiger partial charge in [0.1, 0.15) is 0 Å². The summed E-state index contributed by atoms with van der Waals surface area (Å²) in [5.74, 6) is -0.275. The minimum absolute atomic E-state index is 0.156. The first-order valence-electron chi connectivity index (χ1n) is 11.4. The van der Waals surface area contributed by atoms with Gasteiger partial charge in [0.25, 0.3) is 5.91 Å². The second-order valence-electron chi connectivity index (χ2n) is 9.20. The number of benzene rings is 2. The Labute approximate surface area is 195 Å². The largest absolute Gasteiger partial charge is 0.452 e. The maximum atomic E-state index is 13.0. The molecule has 0 bridgehead atoms. The number of ether oxygens (including phenoxy) is 1. The highest BCUT2D eigenvalue weighted by Crippen LogP contribution is 2.27. The smallest absolute Gasteiger partial charge is 0.338 e. The van der Waals surface area contributed by atoms with Crippen LogP contribution < -0.4 is 0 Å². The minimum atomic E-state index is -3.61. The summed E-state index contributed by atoms with van der Waals surface area (Å²) < 4.78 is 32.7. The zero-order chi connectivity index (χ0) is 23.6. The van der Waals surface area contributed by atoms with E-state index in [0.717, 1.165) is 18.4 Å². The molecular formula is C25H30N2O5S. The maximum Gasteiger partial charge on any atom is 0.338 e. The Morgan fingerprint density at radius 3 is 2.27 bits per heavy atom. The quantitative estimate of drug-likeness (QED) is 0.627. The van der Waals surface area contributed by atoms with Crippen LogP contribution in [-0.4, -0.2) is 55.7 Å². The van der Waals surface area contributed by atoms with Gasteiger partial charge in [0.15, 0.2) is 6.61 Å². The number of hydrogen-bond acceptors (Lipinski definition) is 5. The van der Waals surface area contributed by atoms with E-state index in [-0.39, 0.29) is 23.0 Å². The Kier molecular flexibility index (Phi) is 6.86. The van der Waals surface area contributed by atoms with Crippen molar-refractivity contribution in [3.63, 3.8) is 0 Å². The molecule has 0 radical (unpaired) electrons. The van der Waals surface area contributed by atoms with Gasteiger partial charge < -0.3 is 9.64 Å². The predicted octanol–water partition coefficient (Wildman–Crippen LogP) is 3.09. The maximum absolute atomic E-state index is 13.0. The Morgan fingerprint density at radius 2 is 1.61 bits per heavy atom. The average Bonchev–Trinajstić information content (AvgIpc) is 2.81. The third kappa shape index (κ3) is 5.28. The van der Waals surface area contributed by atoms with Crippen molar-refractivity contribution in [1.29, 1.82) is 0 Å². The molecule has 0 spiro atoms. The highest BCUT2D eigenvalue weighted by atomic mass is 32.2. The van der Waals surface area contributed by atoms with Gasteiger partial charge in [0.05, 0.1) is 10.5 Å². The molecule has 2 aliphatic heterocycles. The molecule has 2 heterocycles. The topological polar surface area (TPSA) is 84.0 Å². The summed E-state index contributed by atoms with van der Waals surface area (Å²) >= 11 is 0. The van der Waals surface area contributed by atoms with Gasteiger partial charge in [-0.1, -0.05) is 38.1 Å². The number of fused-ring (bicyclic) bond motifs is 1. The van der Waals surface area contributed by atoms with Crippen molar-refractivity contribution >= 4 is 21.9 Å². The zero-order valence-electron chi connectivity index (χ0n) is 19.1. The van der Waals surface area contributed by atoms with Crippen LogP contribution in [0.15, 0.2) is 53.4 Å². The van der Waals surface area contributed by atoms with Crippen LogP contribution in [0.4, 0.5) is 0 Å². The number of hydrogen-bond donors (Lipinski definition) is 0. The van der Waals surface area contributed by atoms with Gasteiger partial charge >= 0.3 is 5.97 Å². The number of amides is 1. The summed E-state index contributed by atoms with van der Waals surface area (Å²) in [5.41, 5.74) is 2.56.